The van der Waals surface area contributed by atoms with Gasteiger partial charge in [-0.3, -0.25) is 4.99 Å². The number of hydrogen-bond donors (Lipinski definition) is 1. The predicted molar refractivity (Wildman–Crippen MR) is 96.4 cm³/mol. The number of ether oxygens (including phenoxy) is 2. The van der Waals surface area contributed by atoms with E-state index in [9.17, 15) is 0 Å². The fourth-order valence-corrected chi connectivity index (χ4v) is 5.35. The lowest BCUT2D eigenvalue weighted by Crippen LogP contribution is -2.53. The molecule has 0 aromatic carbocycles. The van der Waals surface area contributed by atoms with Gasteiger partial charge in [0.1, 0.15) is 6.10 Å². The Morgan fingerprint density at radius 2 is 2.17 bits per heavy atom. The Morgan fingerprint density at radius 3 is 2.91 bits per heavy atom. The third kappa shape index (κ3) is 4.77. The molecule has 3 aliphatic rings. The van der Waals surface area contributed by atoms with E-state index in [-0.39, 0.29) is 6.10 Å². The predicted octanol–water partition coefficient (Wildman–Crippen LogP) is 2.12. The van der Waals surface area contributed by atoms with Gasteiger partial charge in [-0.05, 0) is 19.8 Å². The molecule has 2 aliphatic heterocycles. The lowest BCUT2D eigenvalue weighted by molar-refractivity contribution is -0.0833. The smallest absolute Gasteiger partial charge is 0.194 e. The zero-order valence-corrected chi connectivity index (χ0v) is 15.2. The molecule has 1 atom stereocenters. The normalized spacial score (nSPS) is 28.8. The summed E-state index contributed by atoms with van der Waals surface area (Å²) in [6.07, 6.45) is 7.04. The molecule has 3 rings (SSSR count). The minimum absolute atomic E-state index is 0.111. The van der Waals surface area contributed by atoms with Crippen LogP contribution in [0.15, 0.2) is 4.99 Å². The second-order valence-electron chi connectivity index (χ2n) is 6.78. The highest BCUT2D eigenvalue weighted by Crippen LogP contribution is 2.42. The maximum atomic E-state index is 5.72. The first-order valence-corrected chi connectivity index (χ1v) is 10.2. The molecule has 2 saturated heterocycles. The van der Waals surface area contributed by atoms with Gasteiger partial charge in [0.05, 0.1) is 26.4 Å². The molecule has 0 radical (unpaired) electrons. The Bertz CT molecular complexity index is 388. The molecule has 132 valence electrons. The van der Waals surface area contributed by atoms with Crippen LogP contribution in [0.3, 0.4) is 0 Å². The summed E-state index contributed by atoms with van der Waals surface area (Å²) in [6.45, 7) is 8.07. The van der Waals surface area contributed by atoms with Crippen LogP contribution < -0.4 is 5.32 Å². The highest BCUT2D eigenvalue weighted by Gasteiger charge is 2.38. The fourth-order valence-electron chi connectivity index (χ4n) is 3.78. The number of aliphatic imine (C=N–C) groups is 1. The molecule has 0 bridgehead atoms. The van der Waals surface area contributed by atoms with E-state index in [0.29, 0.717) is 31.1 Å². The van der Waals surface area contributed by atoms with E-state index in [0.717, 1.165) is 25.6 Å². The molecule has 0 aromatic heterocycles. The largest absolute Gasteiger partial charge is 0.376 e. The van der Waals surface area contributed by atoms with Gasteiger partial charge in [-0.2, -0.15) is 11.8 Å². The quantitative estimate of drug-likeness (QED) is 0.629. The summed E-state index contributed by atoms with van der Waals surface area (Å²) in [7, 11) is 0. The molecule has 5 nitrogen and oxygen atoms in total. The number of hydrogen-bond acceptors (Lipinski definition) is 4. The van der Waals surface area contributed by atoms with Gasteiger partial charge in [-0.15, -0.1) is 0 Å². The van der Waals surface area contributed by atoms with Crippen LogP contribution in [-0.4, -0.2) is 73.5 Å². The van der Waals surface area contributed by atoms with E-state index in [2.05, 4.69) is 28.9 Å². The number of guanidine groups is 1. The van der Waals surface area contributed by atoms with Crippen molar-refractivity contribution in [1.82, 2.24) is 10.2 Å². The summed E-state index contributed by atoms with van der Waals surface area (Å²) < 4.78 is 11.7. The van der Waals surface area contributed by atoms with Crippen molar-refractivity contribution in [2.45, 2.75) is 49.9 Å². The van der Waals surface area contributed by atoms with Crippen molar-refractivity contribution in [2.75, 3.05) is 51.8 Å². The lowest BCUT2D eigenvalue weighted by Gasteiger charge is -2.45. The molecular weight excluding hydrogens is 310 g/mol. The van der Waals surface area contributed by atoms with Crippen LogP contribution in [0.1, 0.15) is 39.0 Å². The highest BCUT2D eigenvalue weighted by molar-refractivity contribution is 8.00. The molecule has 1 aliphatic carbocycles. The Kier molecular flexibility index (Phi) is 6.48. The first-order chi connectivity index (χ1) is 11.3. The zero-order chi connectivity index (χ0) is 16.0. The molecule has 6 heteroatoms. The first kappa shape index (κ1) is 17.4. The van der Waals surface area contributed by atoms with Crippen molar-refractivity contribution in [3.05, 3.63) is 0 Å². The maximum absolute atomic E-state index is 5.72. The monoisotopic (exact) mass is 341 g/mol. The zero-order valence-electron chi connectivity index (χ0n) is 14.4. The van der Waals surface area contributed by atoms with Gasteiger partial charge in [0.25, 0.3) is 0 Å². The molecule has 1 spiro atoms. The second-order valence-corrected chi connectivity index (χ2v) is 8.34. The number of nitrogens with one attached hydrogen (secondary N) is 1. The Labute approximate surface area is 144 Å². The van der Waals surface area contributed by atoms with Gasteiger partial charge in [-0.25, -0.2) is 0 Å². The highest BCUT2D eigenvalue weighted by atomic mass is 32.2. The molecule has 1 unspecified atom stereocenters. The average molecular weight is 342 g/mol. The standard InChI is InChI=1S/C17H31N3O2S/c1-2-18-16(19-12-15-13-21-9-10-22-15)20-8-11-23-17(14-20)6-4-3-5-7-17/h15H,2-14H2,1H3,(H,18,19). The fraction of sp³-hybridized carbons (Fsp3) is 0.941. The van der Waals surface area contributed by atoms with E-state index in [1.807, 2.05) is 0 Å². The Hall–Kier alpha value is -0.460. The topological polar surface area (TPSA) is 46.1 Å². The van der Waals surface area contributed by atoms with E-state index in [4.69, 9.17) is 14.5 Å². The van der Waals surface area contributed by atoms with E-state index in [1.54, 1.807) is 0 Å². The lowest BCUT2D eigenvalue weighted by atomic mass is 9.87. The van der Waals surface area contributed by atoms with Crippen LogP contribution in [-0.2, 0) is 9.47 Å². The second kappa shape index (κ2) is 8.58. The molecule has 3 fully saturated rings. The van der Waals surface area contributed by atoms with Gasteiger partial charge in [0, 0.05) is 30.1 Å². The number of thioether (sulfide) groups is 1. The SMILES string of the molecule is CCNC(=NCC1COCCO1)N1CCSC2(CCCCC2)C1. The van der Waals surface area contributed by atoms with Gasteiger partial charge in [0.15, 0.2) is 5.96 Å². The summed E-state index contributed by atoms with van der Waals surface area (Å²) in [5, 5.41) is 3.48. The molecule has 1 N–H and O–H groups in total. The summed E-state index contributed by atoms with van der Waals surface area (Å²) in [6, 6.07) is 0. The van der Waals surface area contributed by atoms with Crippen LogP contribution in [0.4, 0.5) is 0 Å². The summed E-state index contributed by atoms with van der Waals surface area (Å²) in [5.41, 5.74) is 0. The van der Waals surface area contributed by atoms with Gasteiger partial charge in [0.2, 0.25) is 0 Å². The number of nitrogens with zero attached hydrogens (tertiary/aromatic N) is 2. The van der Waals surface area contributed by atoms with Crippen molar-refractivity contribution in [3.8, 4) is 0 Å². The van der Waals surface area contributed by atoms with Crippen LogP contribution in [0.25, 0.3) is 0 Å². The van der Waals surface area contributed by atoms with E-state index < -0.39 is 0 Å². The van der Waals surface area contributed by atoms with Crippen LogP contribution in [0.2, 0.25) is 0 Å². The van der Waals surface area contributed by atoms with Gasteiger partial charge < -0.3 is 19.7 Å². The summed E-state index contributed by atoms with van der Waals surface area (Å²) in [4.78, 5) is 7.34. The van der Waals surface area contributed by atoms with Gasteiger partial charge in [-0.1, -0.05) is 19.3 Å². The van der Waals surface area contributed by atoms with Crippen molar-refractivity contribution in [3.63, 3.8) is 0 Å². The van der Waals surface area contributed by atoms with Crippen molar-refractivity contribution >= 4 is 17.7 Å². The van der Waals surface area contributed by atoms with Gasteiger partial charge >= 0.3 is 0 Å². The molecule has 0 amide bonds. The third-order valence-corrected chi connectivity index (χ3v) is 6.51. The van der Waals surface area contributed by atoms with Crippen molar-refractivity contribution in [2.24, 2.45) is 4.99 Å². The van der Waals surface area contributed by atoms with Crippen LogP contribution in [0.5, 0.6) is 0 Å². The van der Waals surface area contributed by atoms with Crippen LogP contribution >= 0.6 is 11.8 Å². The maximum Gasteiger partial charge on any atom is 0.194 e. The minimum atomic E-state index is 0.111. The van der Waals surface area contributed by atoms with Crippen LogP contribution in [0, 0.1) is 0 Å². The molecule has 0 aromatic rings. The van der Waals surface area contributed by atoms with E-state index >= 15 is 0 Å². The number of rotatable bonds is 3. The first-order valence-electron chi connectivity index (χ1n) is 9.18. The molecule has 2 heterocycles. The van der Waals surface area contributed by atoms with Crippen molar-refractivity contribution < 1.29 is 9.47 Å². The minimum Gasteiger partial charge on any atom is -0.376 e. The molecule has 1 saturated carbocycles. The molecule has 23 heavy (non-hydrogen) atoms. The van der Waals surface area contributed by atoms with E-state index in [1.165, 1.54) is 37.9 Å². The summed E-state index contributed by atoms with van der Waals surface area (Å²) >= 11 is 2.20. The third-order valence-electron chi connectivity index (χ3n) is 4.98. The van der Waals surface area contributed by atoms with Crippen molar-refractivity contribution in [1.29, 1.82) is 0 Å². The summed E-state index contributed by atoms with van der Waals surface area (Å²) in [5.74, 6) is 2.28. The average Bonchev–Trinajstić information content (AvgIpc) is 2.60. The Morgan fingerprint density at radius 1 is 1.30 bits per heavy atom. The Balaban J connectivity index is 1.61. The molecular formula is C17H31N3O2S.